The largest absolute Gasteiger partial charge is 0.573 e. The molecule has 41 heavy (non-hydrogen) atoms. The summed E-state index contributed by atoms with van der Waals surface area (Å²) in [6.07, 6.45) is 2.94. The van der Waals surface area contributed by atoms with Crippen LogP contribution in [0.15, 0.2) is 48.7 Å². The normalized spacial score (nSPS) is 12.1. The Morgan fingerprint density at radius 1 is 1.12 bits per heavy atom. The van der Waals surface area contributed by atoms with Gasteiger partial charge in [-0.2, -0.15) is 0 Å². The average Bonchev–Trinajstić information content (AvgIpc) is 3.21. The molecule has 0 saturated heterocycles. The molecular weight excluding hydrogens is 571 g/mol. The lowest BCUT2D eigenvalue weighted by atomic mass is 9.99. The first kappa shape index (κ1) is 31.3. The zero-order valence-electron chi connectivity index (χ0n) is 22.2. The van der Waals surface area contributed by atoms with E-state index in [0.717, 1.165) is 30.7 Å². The van der Waals surface area contributed by atoms with Gasteiger partial charge in [-0.25, -0.2) is 13.8 Å². The molecule has 0 bridgehead atoms. The Bertz CT molecular complexity index is 1500. The number of ether oxygens (including phenoxy) is 1. The van der Waals surface area contributed by atoms with Gasteiger partial charge in [0.15, 0.2) is 5.82 Å². The van der Waals surface area contributed by atoms with Crippen LogP contribution in [0.3, 0.4) is 0 Å². The Kier molecular flexibility index (Phi) is 10.3. The summed E-state index contributed by atoms with van der Waals surface area (Å²) in [5.74, 6) is -2.52. The van der Waals surface area contributed by atoms with E-state index in [-0.39, 0.29) is 27.6 Å². The molecule has 7 nitrogen and oxygen atoms in total. The Labute approximate surface area is 237 Å². The highest BCUT2D eigenvalue weighted by Crippen LogP contribution is 2.29. The molecule has 0 spiro atoms. The zero-order chi connectivity index (χ0) is 30.3. The summed E-state index contributed by atoms with van der Waals surface area (Å²) in [5.41, 5.74) is 0.0696. The third-order valence-electron chi connectivity index (χ3n) is 5.58. The molecule has 2 N–H and O–H groups in total. The molecule has 0 unspecified atom stereocenters. The van der Waals surface area contributed by atoms with Crippen LogP contribution < -0.4 is 15.4 Å². The molecule has 0 fully saturated rings. The van der Waals surface area contributed by atoms with Gasteiger partial charge in [-0.1, -0.05) is 37.1 Å². The Hall–Kier alpha value is -4.19. The van der Waals surface area contributed by atoms with Crippen molar-refractivity contribution >= 4 is 40.9 Å². The summed E-state index contributed by atoms with van der Waals surface area (Å²) >= 11 is 6.15. The van der Waals surface area contributed by atoms with Gasteiger partial charge in [-0.15, -0.1) is 13.2 Å². The second kappa shape index (κ2) is 13.4. The minimum Gasteiger partial charge on any atom is -0.406 e. The van der Waals surface area contributed by atoms with Crippen molar-refractivity contribution in [3.8, 4) is 5.75 Å². The molecule has 218 valence electrons. The smallest absolute Gasteiger partial charge is 0.406 e. The lowest BCUT2D eigenvalue weighted by molar-refractivity contribution is -0.274. The van der Waals surface area contributed by atoms with Crippen molar-refractivity contribution in [3.63, 3.8) is 0 Å². The fraction of sp³-hybridized carbons (Fsp3) is 0.250. The highest BCUT2D eigenvalue weighted by atomic mass is 35.5. The first-order valence-corrected chi connectivity index (χ1v) is 12.7. The average molecular weight is 597 g/mol. The van der Waals surface area contributed by atoms with Crippen molar-refractivity contribution in [1.82, 2.24) is 14.9 Å². The number of benzene rings is 2. The molecule has 0 aliphatic rings. The quantitative estimate of drug-likeness (QED) is 0.194. The molecule has 2 amide bonds. The second-order valence-electron chi connectivity index (χ2n) is 8.85. The summed E-state index contributed by atoms with van der Waals surface area (Å²) < 4.78 is 72.3. The minimum atomic E-state index is -4.97. The number of amides is 2. The van der Waals surface area contributed by atoms with E-state index in [1.165, 1.54) is 13.0 Å². The van der Waals surface area contributed by atoms with Gasteiger partial charge in [0.05, 0.1) is 10.6 Å². The van der Waals surface area contributed by atoms with Crippen molar-refractivity contribution in [2.45, 2.75) is 39.6 Å². The molecular formula is C28H26ClF5N4O3. The number of aromatic nitrogens is 2. The highest BCUT2D eigenvalue weighted by Gasteiger charge is 2.31. The number of carbonyl (C=O) groups is 2. The number of nitrogens with zero attached hydrogens (tertiary/aromatic N) is 2. The summed E-state index contributed by atoms with van der Waals surface area (Å²) in [5, 5.41) is 4.75. The number of imidazole rings is 1. The van der Waals surface area contributed by atoms with Crippen LogP contribution >= 0.6 is 11.6 Å². The van der Waals surface area contributed by atoms with Crippen LogP contribution in [0.1, 0.15) is 54.0 Å². The summed E-state index contributed by atoms with van der Waals surface area (Å²) in [6.45, 7) is 2.79. The van der Waals surface area contributed by atoms with Crippen LogP contribution in [-0.2, 0) is 18.4 Å². The van der Waals surface area contributed by atoms with Crippen molar-refractivity contribution in [2.75, 3.05) is 5.32 Å². The predicted octanol–water partition coefficient (Wildman–Crippen LogP) is 7.04. The van der Waals surface area contributed by atoms with Gasteiger partial charge < -0.3 is 19.9 Å². The van der Waals surface area contributed by atoms with E-state index in [9.17, 15) is 27.2 Å². The van der Waals surface area contributed by atoms with E-state index >= 15 is 4.39 Å². The fourth-order valence-electron chi connectivity index (χ4n) is 3.71. The SMILES string of the molecule is CCC/C=C(/C=C\c1nc(NC(C)=O)cn1C)c1cc(C(=O)NCc2cc(OC(F)(F)F)ccc2F)c(Cl)cc1F. The fourth-order valence-corrected chi connectivity index (χ4v) is 3.94. The summed E-state index contributed by atoms with van der Waals surface area (Å²) in [7, 11) is 1.71. The predicted molar refractivity (Wildman–Crippen MR) is 145 cm³/mol. The zero-order valence-corrected chi connectivity index (χ0v) is 23.0. The van der Waals surface area contributed by atoms with Crippen molar-refractivity contribution in [2.24, 2.45) is 7.05 Å². The van der Waals surface area contributed by atoms with E-state index in [0.29, 0.717) is 23.6 Å². The topological polar surface area (TPSA) is 85.2 Å². The van der Waals surface area contributed by atoms with Crippen LogP contribution in [0.5, 0.6) is 5.75 Å². The Morgan fingerprint density at radius 2 is 1.85 bits per heavy atom. The number of hydrogen-bond donors (Lipinski definition) is 2. The van der Waals surface area contributed by atoms with E-state index in [4.69, 9.17) is 11.6 Å². The Morgan fingerprint density at radius 3 is 2.51 bits per heavy atom. The number of allylic oxidation sites excluding steroid dienone is 3. The van der Waals surface area contributed by atoms with Crippen molar-refractivity contribution < 1.29 is 36.3 Å². The van der Waals surface area contributed by atoms with E-state index < -0.39 is 36.2 Å². The maximum atomic E-state index is 15.1. The number of nitrogens with one attached hydrogen (secondary N) is 2. The van der Waals surface area contributed by atoms with Crippen LogP contribution in [0.25, 0.3) is 11.6 Å². The number of aryl methyl sites for hydroxylation is 1. The third kappa shape index (κ3) is 8.90. The number of rotatable bonds is 10. The van der Waals surface area contributed by atoms with Gasteiger partial charge in [0.25, 0.3) is 5.91 Å². The lowest BCUT2D eigenvalue weighted by Crippen LogP contribution is -2.24. The van der Waals surface area contributed by atoms with Crippen LogP contribution in [0.4, 0.5) is 27.8 Å². The van der Waals surface area contributed by atoms with Gasteiger partial charge in [-0.3, -0.25) is 9.59 Å². The molecule has 3 rings (SSSR count). The van der Waals surface area contributed by atoms with Gasteiger partial charge in [0.2, 0.25) is 5.91 Å². The number of hydrogen-bond acceptors (Lipinski definition) is 4. The first-order valence-electron chi connectivity index (χ1n) is 12.3. The summed E-state index contributed by atoms with van der Waals surface area (Å²) in [6, 6.07) is 4.60. The van der Waals surface area contributed by atoms with Crippen molar-refractivity contribution in [1.29, 1.82) is 0 Å². The first-order chi connectivity index (χ1) is 19.3. The molecule has 0 aliphatic heterocycles. The molecule has 2 aromatic carbocycles. The van der Waals surface area contributed by atoms with Crippen LogP contribution in [0, 0.1) is 11.6 Å². The third-order valence-corrected chi connectivity index (χ3v) is 5.90. The Balaban J connectivity index is 1.88. The molecule has 13 heteroatoms. The summed E-state index contributed by atoms with van der Waals surface area (Å²) in [4.78, 5) is 28.6. The van der Waals surface area contributed by atoms with Crippen molar-refractivity contribution in [3.05, 3.63) is 87.9 Å². The maximum Gasteiger partial charge on any atom is 0.573 e. The van der Waals surface area contributed by atoms with Gasteiger partial charge in [-0.05, 0) is 48.4 Å². The molecule has 0 radical (unpaired) electrons. The number of unbranched alkanes of at least 4 members (excludes halogenated alkanes) is 1. The minimum absolute atomic E-state index is 0.0484. The van der Waals surface area contributed by atoms with Crippen LogP contribution in [0.2, 0.25) is 5.02 Å². The molecule has 0 aliphatic carbocycles. The standard InChI is InChI=1S/C28H26ClF5N4O3/c1-4-5-6-17(7-10-26-37-25(15-38(26)3)36-16(2)39)20-12-21(22(29)13-24(20)31)27(40)35-14-18-11-19(8-9-23(18)30)41-28(32,33)34/h6-13,15H,4-5,14H2,1-3H3,(H,35,40)(H,36,39)/b10-7-,17-6-. The monoisotopic (exact) mass is 596 g/mol. The van der Waals surface area contributed by atoms with Crippen LogP contribution in [-0.4, -0.2) is 27.7 Å². The van der Waals surface area contributed by atoms with E-state index in [2.05, 4.69) is 20.4 Å². The second-order valence-corrected chi connectivity index (χ2v) is 9.26. The number of halogens is 6. The lowest BCUT2D eigenvalue weighted by Gasteiger charge is -2.13. The van der Waals surface area contributed by atoms with Gasteiger partial charge in [0.1, 0.15) is 23.2 Å². The van der Waals surface area contributed by atoms with E-state index in [1.807, 2.05) is 6.92 Å². The molecule has 0 atom stereocenters. The molecule has 1 heterocycles. The van der Waals surface area contributed by atoms with Gasteiger partial charge in [0, 0.05) is 37.8 Å². The maximum absolute atomic E-state index is 15.1. The van der Waals surface area contributed by atoms with E-state index in [1.54, 1.807) is 36.0 Å². The number of carbonyl (C=O) groups excluding carboxylic acids is 2. The van der Waals surface area contributed by atoms with Gasteiger partial charge >= 0.3 is 6.36 Å². The molecule has 0 saturated carbocycles. The molecule has 1 aromatic heterocycles. The highest BCUT2D eigenvalue weighted by molar-refractivity contribution is 6.34. The number of alkyl halides is 3. The molecule has 3 aromatic rings. The number of anilines is 1.